The Morgan fingerprint density at radius 3 is 2.73 bits per heavy atom. The minimum absolute atomic E-state index is 0.195. The molecule has 15 heavy (non-hydrogen) atoms. The minimum Gasteiger partial charge on any atom is -0.267 e. The van der Waals surface area contributed by atoms with Crippen LogP contribution < -0.4 is 4.31 Å². The van der Waals surface area contributed by atoms with Crippen molar-refractivity contribution in [1.82, 2.24) is 0 Å². The molecule has 1 aromatic rings. The molecule has 0 fully saturated rings. The van der Waals surface area contributed by atoms with Crippen molar-refractivity contribution in [3.05, 3.63) is 28.0 Å². The summed E-state index contributed by atoms with van der Waals surface area (Å²) in [7, 11) is -3.37. The van der Waals surface area contributed by atoms with Gasteiger partial charge in [-0.1, -0.05) is 15.9 Å². The van der Waals surface area contributed by atoms with Crippen molar-refractivity contribution in [3.63, 3.8) is 0 Å². The molecule has 0 saturated carbocycles. The molecule has 0 unspecified atom stereocenters. The molecule has 0 radical (unpaired) electrons. The van der Waals surface area contributed by atoms with E-state index in [0.717, 1.165) is 16.1 Å². The van der Waals surface area contributed by atoms with Crippen molar-refractivity contribution in [2.24, 2.45) is 0 Å². The molecule has 0 bridgehead atoms. The molecular weight excluding hydrogens is 285 g/mol. The maximum Gasteiger partial charge on any atom is 0.232 e. The van der Waals surface area contributed by atoms with E-state index >= 15 is 0 Å². The second-order valence-corrected chi connectivity index (χ2v) is 6.30. The summed E-state index contributed by atoms with van der Waals surface area (Å²) in [6.07, 6.45) is 1.64. The Bertz CT molecular complexity index is 515. The molecule has 0 spiro atoms. The van der Waals surface area contributed by atoms with Crippen molar-refractivity contribution < 1.29 is 12.8 Å². The molecule has 0 amide bonds. The van der Waals surface area contributed by atoms with Gasteiger partial charge in [-0.3, -0.25) is 4.31 Å². The monoisotopic (exact) mass is 293 g/mol. The third-order valence-corrected chi connectivity index (χ3v) is 3.96. The van der Waals surface area contributed by atoms with Gasteiger partial charge in [0.1, 0.15) is 5.82 Å². The fourth-order valence-electron chi connectivity index (χ4n) is 1.75. The number of sulfonamides is 1. The molecule has 0 N–H and O–H groups in total. The van der Waals surface area contributed by atoms with Gasteiger partial charge in [0.2, 0.25) is 10.0 Å². The van der Waals surface area contributed by atoms with Crippen LogP contribution in [0.4, 0.5) is 10.1 Å². The third kappa shape index (κ3) is 1.88. The lowest BCUT2D eigenvalue weighted by Crippen LogP contribution is -2.28. The fourth-order valence-corrected chi connectivity index (χ4v) is 3.19. The number of hydrogen-bond acceptors (Lipinski definition) is 2. The van der Waals surface area contributed by atoms with Gasteiger partial charge in [0, 0.05) is 11.0 Å². The number of fused-ring (bicyclic) bond motifs is 1. The lowest BCUT2D eigenvalue weighted by molar-refractivity contribution is 0.593. The van der Waals surface area contributed by atoms with Gasteiger partial charge >= 0.3 is 0 Å². The van der Waals surface area contributed by atoms with Gasteiger partial charge in [-0.05, 0) is 24.1 Å². The van der Waals surface area contributed by atoms with Crippen LogP contribution in [0.15, 0.2) is 16.6 Å². The number of rotatable bonds is 1. The van der Waals surface area contributed by atoms with E-state index in [-0.39, 0.29) is 5.69 Å². The van der Waals surface area contributed by atoms with E-state index < -0.39 is 15.8 Å². The Labute approximate surface area is 96.1 Å². The van der Waals surface area contributed by atoms with E-state index in [9.17, 15) is 12.8 Å². The summed E-state index contributed by atoms with van der Waals surface area (Å²) in [5, 5.41) is 0. The lowest BCUT2D eigenvalue weighted by atomic mass is 10.2. The molecule has 1 aliphatic heterocycles. The molecule has 1 aliphatic rings. The van der Waals surface area contributed by atoms with Crippen LogP contribution in [-0.2, 0) is 16.4 Å². The van der Waals surface area contributed by atoms with Crippen molar-refractivity contribution in [1.29, 1.82) is 0 Å². The SMILES string of the molecule is CS(=O)(=O)N1CCc2cc(Br)cc(F)c21. The minimum atomic E-state index is -3.37. The summed E-state index contributed by atoms with van der Waals surface area (Å²) in [6, 6.07) is 3.03. The quantitative estimate of drug-likeness (QED) is 0.793. The Kier molecular flexibility index (Phi) is 2.50. The summed E-state index contributed by atoms with van der Waals surface area (Å²) in [6.45, 7) is 0.321. The van der Waals surface area contributed by atoms with E-state index in [2.05, 4.69) is 15.9 Å². The van der Waals surface area contributed by atoms with Crippen molar-refractivity contribution in [3.8, 4) is 0 Å². The summed E-state index contributed by atoms with van der Waals surface area (Å²) in [4.78, 5) is 0. The van der Waals surface area contributed by atoms with Crippen LogP contribution in [0.1, 0.15) is 5.56 Å². The molecule has 1 aromatic carbocycles. The predicted octanol–water partition coefficient (Wildman–Crippen LogP) is 1.91. The van der Waals surface area contributed by atoms with E-state index in [1.165, 1.54) is 6.07 Å². The molecule has 6 heteroatoms. The molecule has 0 aliphatic carbocycles. The van der Waals surface area contributed by atoms with Crippen LogP contribution in [0.5, 0.6) is 0 Å². The maximum absolute atomic E-state index is 13.6. The number of hydrogen-bond donors (Lipinski definition) is 0. The maximum atomic E-state index is 13.6. The molecule has 0 atom stereocenters. The first-order chi connectivity index (χ1) is 6.89. The molecular formula is C9H9BrFNO2S. The van der Waals surface area contributed by atoms with Gasteiger partial charge in [0.25, 0.3) is 0 Å². The number of halogens is 2. The van der Waals surface area contributed by atoms with Crippen LogP contribution >= 0.6 is 15.9 Å². The zero-order valence-corrected chi connectivity index (χ0v) is 10.4. The normalized spacial score (nSPS) is 15.5. The highest BCUT2D eigenvalue weighted by atomic mass is 79.9. The summed E-state index contributed by atoms with van der Waals surface area (Å²) in [5.74, 6) is -0.498. The van der Waals surface area contributed by atoms with Gasteiger partial charge < -0.3 is 0 Å². The molecule has 3 nitrogen and oxygen atoms in total. The van der Waals surface area contributed by atoms with Crippen LogP contribution in [0.3, 0.4) is 0 Å². The van der Waals surface area contributed by atoms with Crippen LogP contribution in [-0.4, -0.2) is 21.2 Å². The Morgan fingerprint density at radius 1 is 1.47 bits per heavy atom. The van der Waals surface area contributed by atoms with Crippen molar-refractivity contribution in [2.45, 2.75) is 6.42 Å². The van der Waals surface area contributed by atoms with Crippen molar-refractivity contribution >= 4 is 31.6 Å². The standard InChI is InChI=1S/C9H9BrFNO2S/c1-15(13,14)12-3-2-6-4-7(10)5-8(11)9(6)12/h4-5H,2-3H2,1H3. The first-order valence-electron chi connectivity index (χ1n) is 4.35. The first-order valence-corrected chi connectivity index (χ1v) is 6.99. The average molecular weight is 294 g/mol. The number of nitrogens with zero attached hydrogens (tertiary/aromatic N) is 1. The zero-order valence-electron chi connectivity index (χ0n) is 8.00. The van der Waals surface area contributed by atoms with Gasteiger partial charge in [-0.2, -0.15) is 0 Å². The largest absolute Gasteiger partial charge is 0.267 e. The topological polar surface area (TPSA) is 37.4 Å². The zero-order chi connectivity index (χ0) is 11.2. The Morgan fingerprint density at radius 2 is 2.13 bits per heavy atom. The van der Waals surface area contributed by atoms with Crippen LogP contribution in [0.2, 0.25) is 0 Å². The van der Waals surface area contributed by atoms with E-state index in [0.29, 0.717) is 17.4 Å². The van der Waals surface area contributed by atoms with Crippen molar-refractivity contribution in [2.75, 3.05) is 17.1 Å². The lowest BCUT2D eigenvalue weighted by Gasteiger charge is -2.16. The molecule has 1 heterocycles. The Balaban J connectivity index is 2.61. The second-order valence-electron chi connectivity index (χ2n) is 3.48. The summed E-state index contributed by atoms with van der Waals surface area (Å²) < 4.78 is 38.1. The second kappa shape index (κ2) is 3.45. The fraction of sp³-hybridized carbons (Fsp3) is 0.333. The molecule has 0 saturated heterocycles. The molecule has 2 rings (SSSR count). The summed E-state index contributed by atoms with van der Waals surface area (Å²) in [5.41, 5.74) is 0.924. The smallest absolute Gasteiger partial charge is 0.232 e. The van der Waals surface area contributed by atoms with Gasteiger partial charge in [-0.15, -0.1) is 0 Å². The predicted molar refractivity (Wildman–Crippen MR) is 60.0 cm³/mol. The van der Waals surface area contributed by atoms with Gasteiger partial charge in [-0.25, -0.2) is 12.8 Å². The summed E-state index contributed by atoms with van der Waals surface area (Å²) >= 11 is 3.18. The van der Waals surface area contributed by atoms with E-state index in [1.807, 2.05) is 0 Å². The van der Waals surface area contributed by atoms with E-state index in [4.69, 9.17) is 0 Å². The van der Waals surface area contributed by atoms with E-state index in [1.54, 1.807) is 6.07 Å². The van der Waals surface area contributed by atoms with Gasteiger partial charge in [0.05, 0.1) is 11.9 Å². The number of anilines is 1. The average Bonchev–Trinajstić information content (AvgIpc) is 2.45. The van der Waals surface area contributed by atoms with Crippen LogP contribution in [0.25, 0.3) is 0 Å². The third-order valence-electron chi connectivity index (χ3n) is 2.34. The number of benzene rings is 1. The molecule has 0 aromatic heterocycles. The molecule has 82 valence electrons. The first kappa shape index (κ1) is 10.9. The highest BCUT2D eigenvalue weighted by molar-refractivity contribution is 9.10. The highest BCUT2D eigenvalue weighted by Crippen LogP contribution is 2.34. The highest BCUT2D eigenvalue weighted by Gasteiger charge is 2.29. The van der Waals surface area contributed by atoms with Crippen LogP contribution in [0, 0.1) is 5.82 Å². The Hall–Kier alpha value is -0.620. The van der Waals surface area contributed by atoms with Gasteiger partial charge in [0.15, 0.2) is 0 Å².